The monoisotopic (exact) mass is 291 g/mol. The Morgan fingerprint density at radius 3 is 3.07 bits per heavy atom. The van der Waals surface area contributed by atoms with Crippen molar-refractivity contribution in [2.24, 2.45) is 0 Å². The number of rotatable bonds is 4. The van der Waals surface area contributed by atoms with Crippen molar-refractivity contribution >= 4 is 39.0 Å². The van der Waals surface area contributed by atoms with Crippen LogP contribution in [0, 0.1) is 0 Å². The first kappa shape index (κ1) is 11.0. The first-order chi connectivity index (χ1) is 6.84. The van der Waals surface area contributed by atoms with E-state index >= 15 is 0 Å². The van der Waals surface area contributed by atoms with Crippen molar-refractivity contribution in [3.05, 3.63) is 20.8 Å². The standard InChI is InChI=1S/C10H14BrNS2/c11-10-4-3-9(14-10)7-12-6-8-2-1-5-13-8/h3-4,8,12H,1-2,5-7H2. The molecule has 1 aromatic rings. The molecule has 1 unspecified atom stereocenters. The Morgan fingerprint density at radius 2 is 2.43 bits per heavy atom. The molecule has 0 aliphatic carbocycles. The summed E-state index contributed by atoms with van der Waals surface area (Å²) >= 11 is 7.41. The maximum atomic E-state index is 3.53. The van der Waals surface area contributed by atoms with E-state index in [4.69, 9.17) is 0 Å². The van der Waals surface area contributed by atoms with Gasteiger partial charge in [0.15, 0.2) is 0 Å². The molecule has 1 fully saturated rings. The smallest absolute Gasteiger partial charge is 0.0701 e. The van der Waals surface area contributed by atoms with E-state index in [-0.39, 0.29) is 0 Å². The zero-order valence-electron chi connectivity index (χ0n) is 7.96. The molecule has 1 aliphatic heterocycles. The summed E-state index contributed by atoms with van der Waals surface area (Å²) in [4.78, 5) is 1.42. The van der Waals surface area contributed by atoms with E-state index in [0.717, 1.165) is 11.8 Å². The van der Waals surface area contributed by atoms with Crippen LogP contribution in [0.25, 0.3) is 0 Å². The molecule has 0 amide bonds. The van der Waals surface area contributed by atoms with Crippen molar-refractivity contribution in [3.63, 3.8) is 0 Å². The lowest BCUT2D eigenvalue weighted by Crippen LogP contribution is -2.22. The summed E-state index contributed by atoms with van der Waals surface area (Å²) in [7, 11) is 0. The van der Waals surface area contributed by atoms with Crippen LogP contribution in [-0.4, -0.2) is 17.5 Å². The zero-order valence-corrected chi connectivity index (χ0v) is 11.2. The van der Waals surface area contributed by atoms with Gasteiger partial charge in [0.2, 0.25) is 0 Å². The number of nitrogens with one attached hydrogen (secondary N) is 1. The highest BCUT2D eigenvalue weighted by Crippen LogP contribution is 2.26. The highest BCUT2D eigenvalue weighted by Gasteiger charge is 2.14. The van der Waals surface area contributed by atoms with Gasteiger partial charge in [-0.3, -0.25) is 0 Å². The Kier molecular flexibility index (Phi) is 4.35. The lowest BCUT2D eigenvalue weighted by molar-refractivity contribution is 0.650. The molecule has 0 bridgehead atoms. The van der Waals surface area contributed by atoms with Gasteiger partial charge in [-0.25, -0.2) is 0 Å². The van der Waals surface area contributed by atoms with E-state index in [0.29, 0.717) is 0 Å². The van der Waals surface area contributed by atoms with E-state index in [9.17, 15) is 0 Å². The highest BCUT2D eigenvalue weighted by molar-refractivity contribution is 9.11. The van der Waals surface area contributed by atoms with Crippen LogP contribution in [0.15, 0.2) is 15.9 Å². The van der Waals surface area contributed by atoms with E-state index in [1.165, 1.54) is 33.8 Å². The fraction of sp³-hybridized carbons (Fsp3) is 0.600. The van der Waals surface area contributed by atoms with Crippen LogP contribution in [0.3, 0.4) is 0 Å². The van der Waals surface area contributed by atoms with E-state index in [1.54, 1.807) is 0 Å². The van der Waals surface area contributed by atoms with Crippen molar-refractivity contribution in [2.45, 2.75) is 24.6 Å². The molecule has 4 heteroatoms. The Bertz CT molecular complexity index is 281. The number of halogens is 1. The zero-order chi connectivity index (χ0) is 9.80. The van der Waals surface area contributed by atoms with Gasteiger partial charge in [-0.05, 0) is 46.7 Å². The second-order valence-electron chi connectivity index (χ2n) is 3.47. The molecule has 0 radical (unpaired) electrons. The average Bonchev–Trinajstić information content (AvgIpc) is 2.77. The van der Waals surface area contributed by atoms with E-state index < -0.39 is 0 Å². The number of thiophene rings is 1. The average molecular weight is 292 g/mol. The first-order valence-corrected chi connectivity index (χ1v) is 7.57. The lowest BCUT2D eigenvalue weighted by atomic mass is 10.2. The van der Waals surface area contributed by atoms with Crippen LogP contribution >= 0.6 is 39.0 Å². The van der Waals surface area contributed by atoms with Gasteiger partial charge >= 0.3 is 0 Å². The molecule has 78 valence electrons. The van der Waals surface area contributed by atoms with Crippen LogP contribution < -0.4 is 5.32 Å². The van der Waals surface area contributed by atoms with Gasteiger partial charge in [0.1, 0.15) is 0 Å². The molecule has 1 saturated heterocycles. The summed E-state index contributed by atoms with van der Waals surface area (Å²) < 4.78 is 1.23. The molecule has 1 aliphatic rings. The molecule has 2 rings (SSSR count). The Balaban J connectivity index is 1.67. The molecule has 0 spiro atoms. The largest absolute Gasteiger partial charge is 0.311 e. The molecule has 1 atom stereocenters. The fourth-order valence-corrected chi connectivity index (χ4v) is 4.30. The second kappa shape index (κ2) is 5.54. The molecular formula is C10H14BrNS2. The minimum Gasteiger partial charge on any atom is -0.311 e. The maximum absolute atomic E-state index is 3.53. The van der Waals surface area contributed by atoms with Crippen LogP contribution in [0.2, 0.25) is 0 Å². The van der Waals surface area contributed by atoms with Gasteiger partial charge in [-0.1, -0.05) is 0 Å². The van der Waals surface area contributed by atoms with Crippen molar-refractivity contribution < 1.29 is 0 Å². The Labute approximate surface area is 102 Å². The normalized spacial score (nSPS) is 21.6. The summed E-state index contributed by atoms with van der Waals surface area (Å²) in [5, 5.41) is 4.39. The summed E-state index contributed by atoms with van der Waals surface area (Å²) in [6.45, 7) is 2.19. The van der Waals surface area contributed by atoms with Crippen molar-refractivity contribution in [1.82, 2.24) is 5.32 Å². The van der Waals surface area contributed by atoms with E-state index in [1.807, 2.05) is 11.3 Å². The molecule has 0 aromatic carbocycles. The summed E-state index contributed by atoms with van der Waals surface area (Å²) in [6.07, 6.45) is 2.80. The number of hydrogen-bond donors (Lipinski definition) is 1. The second-order valence-corrected chi connectivity index (χ2v) is 7.43. The first-order valence-electron chi connectivity index (χ1n) is 4.91. The topological polar surface area (TPSA) is 12.0 Å². The Morgan fingerprint density at radius 1 is 1.50 bits per heavy atom. The third kappa shape index (κ3) is 3.26. The third-order valence-corrected chi connectivity index (χ3v) is 5.35. The maximum Gasteiger partial charge on any atom is 0.0701 e. The fourth-order valence-electron chi connectivity index (χ4n) is 1.61. The van der Waals surface area contributed by atoms with Gasteiger partial charge in [0, 0.05) is 23.2 Å². The molecule has 1 aromatic heterocycles. The van der Waals surface area contributed by atoms with Crippen LogP contribution in [-0.2, 0) is 6.54 Å². The summed E-state index contributed by atoms with van der Waals surface area (Å²) in [5.41, 5.74) is 0. The molecule has 0 saturated carbocycles. The number of thioether (sulfide) groups is 1. The van der Waals surface area contributed by atoms with Gasteiger partial charge in [0.25, 0.3) is 0 Å². The van der Waals surface area contributed by atoms with Crippen LogP contribution in [0.5, 0.6) is 0 Å². The highest BCUT2D eigenvalue weighted by atomic mass is 79.9. The molecular weight excluding hydrogens is 278 g/mol. The van der Waals surface area contributed by atoms with Gasteiger partial charge in [-0.15, -0.1) is 11.3 Å². The minimum atomic E-state index is 0.860. The van der Waals surface area contributed by atoms with Crippen LogP contribution in [0.1, 0.15) is 17.7 Å². The molecule has 1 N–H and O–H groups in total. The van der Waals surface area contributed by atoms with Crippen LogP contribution in [0.4, 0.5) is 0 Å². The lowest BCUT2D eigenvalue weighted by Gasteiger charge is -2.08. The Hall–Kier alpha value is 0.490. The molecule has 14 heavy (non-hydrogen) atoms. The van der Waals surface area contributed by atoms with E-state index in [2.05, 4.69) is 45.1 Å². The molecule has 2 heterocycles. The van der Waals surface area contributed by atoms with Gasteiger partial charge < -0.3 is 5.32 Å². The van der Waals surface area contributed by atoms with Gasteiger partial charge in [-0.2, -0.15) is 11.8 Å². The van der Waals surface area contributed by atoms with Crippen molar-refractivity contribution in [2.75, 3.05) is 12.3 Å². The summed E-state index contributed by atoms with van der Waals surface area (Å²) in [6, 6.07) is 4.30. The van der Waals surface area contributed by atoms with Crippen molar-refractivity contribution in [3.8, 4) is 0 Å². The van der Waals surface area contributed by atoms with Crippen molar-refractivity contribution in [1.29, 1.82) is 0 Å². The summed E-state index contributed by atoms with van der Waals surface area (Å²) in [5.74, 6) is 1.36. The third-order valence-electron chi connectivity index (χ3n) is 2.32. The minimum absolute atomic E-state index is 0.860. The SMILES string of the molecule is Brc1ccc(CNCC2CCCS2)s1. The quantitative estimate of drug-likeness (QED) is 0.911. The van der Waals surface area contributed by atoms with Gasteiger partial charge in [0.05, 0.1) is 3.79 Å². The molecule has 1 nitrogen and oxygen atoms in total. The predicted octanol–water partition coefficient (Wildman–Crippen LogP) is 3.50. The predicted molar refractivity (Wildman–Crippen MR) is 69.2 cm³/mol. The number of hydrogen-bond acceptors (Lipinski definition) is 3.